The molecular weight excluding hydrogens is 456 g/mol. The van der Waals surface area contributed by atoms with Gasteiger partial charge in [0.2, 0.25) is 5.91 Å². The molecule has 1 N–H and O–H groups in total. The molecule has 1 amide bonds. The summed E-state index contributed by atoms with van der Waals surface area (Å²) in [5.74, 6) is -0.550. The lowest BCUT2D eigenvalue weighted by Crippen LogP contribution is -2.33. The summed E-state index contributed by atoms with van der Waals surface area (Å²) >= 11 is 0. The third-order valence-corrected chi connectivity index (χ3v) is 5.69. The van der Waals surface area contributed by atoms with E-state index >= 15 is 0 Å². The number of hydrogen-bond acceptors (Lipinski definition) is 7. The highest BCUT2D eigenvalue weighted by Crippen LogP contribution is 2.41. The van der Waals surface area contributed by atoms with Crippen LogP contribution in [0.5, 0.6) is 0 Å². The Hall–Kier alpha value is -4.03. The number of aromatic nitrogens is 7. The number of halogens is 4. The van der Waals surface area contributed by atoms with Crippen LogP contribution >= 0.6 is 0 Å². The fraction of sp³-hybridized carbons (Fsp3) is 0.286. The number of rotatable bonds is 5. The summed E-state index contributed by atoms with van der Waals surface area (Å²) in [6.45, 7) is 1.63. The van der Waals surface area contributed by atoms with Gasteiger partial charge in [0.15, 0.2) is 11.5 Å². The molecule has 13 heteroatoms. The normalized spacial score (nSPS) is 17.7. The minimum Gasteiger partial charge on any atom is -0.309 e. The van der Waals surface area contributed by atoms with E-state index in [1.54, 1.807) is 6.92 Å². The summed E-state index contributed by atoms with van der Waals surface area (Å²) in [5.41, 5.74) is 0.477. The van der Waals surface area contributed by atoms with Gasteiger partial charge in [-0.15, -0.1) is 0 Å². The topological polar surface area (TPSA) is 111 Å². The second-order valence-corrected chi connectivity index (χ2v) is 7.97. The van der Waals surface area contributed by atoms with Gasteiger partial charge in [-0.1, -0.05) is 0 Å². The predicted molar refractivity (Wildman–Crippen MR) is 110 cm³/mol. The van der Waals surface area contributed by atoms with Crippen molar-refractivity contribution in [2.75, 3.05) is 5.32 Å². The van der Waals surface area contributed by atoms with E-state index in [0.717, 1.165) is 6.20 Å². The minimum atomic E-state index is -4.27. The first-order valence-electron chi connectivity index (χ1n) is 10.2. The van der Waals surface area contributed by atoms with Gasteiger partial charge in [0, 0.05) is 18.2 Å². The average molecular weight is 472 g/mol. The first-order valence-corrected chi connectivity index (χ1v) is 10.2. The van der Waals surface area contributed by atoms with Gasteiger partial charge in [0.05, 0.1) is 23.8 Å². The fourth-order valence-electron chi connectivity index (χ4n) is 3.87. The molecule has 0 radical (unpaired) electrons. The van der Waals surface area contributed by atoms with Crippen LogP contribution in [0.2, 0.25) is 0 Å². The lowest BCUT2D eigenvalue weighted by atomic mass is 9.81. The van der Waals surface area contributed by atoms with E-state index in [4.69, 9.17) is 0 Å². The Bertz CT molecular complexity index is 1400. The van der Waals surface area contributed by atoms with E-state index in [1.165, 1.54) is 35.4 Å². The Kier molecular flexibility index (Phi) is 4.99. The molecule has 9 nitrogen and oxygen atoms in total. The summed E-state index contributed by atoms with van der Waals surface area (Å²) in [6.07, 6.45) is -0.0762. The second-order valence-electron chi connectivity index (χ2n) is 7.97. The maximum Gasteiger partial charge on any atom is 0.389 e. The van der Waals surface area contributed by atoms with E-state index in [-0.39, 0.29) is 30.2 Å². The molecule has 5 heterocycles. The number of anilines is 1. The molecule has 1 atom stereocenters. The number of carbonyl (C=O) groups is 1. The molecule has 1 aliphatic heterocycles. The lowest BCUT2D eigenvalue weighted by Gasteiger charge is -2.20. The van der Waals surface area contributed by atoms with E-state index in [9.17, 15) is 22.4 Å². The Labute approximate surface area is 189 Å². The Morgan fingerprint density at radius 3 is 2.68 bits per heavy atom. The molecule has 0 aliphatic carbocycles. The van der Waals surface area contributed by atoms with E-state index in [0.29, 0.717) is 22.6 Å². The molecule has 1 unspecified atom stereocenters. The number of aryl methyl sites for hydroxylation is 1. The molecular formula is C21H16F4N8O. The Morgan fingerprint density at radius 2 is 1.94 bits per heavy atom. The standard InChI is InChI=1S/C21H16F4N8O/c1-20(15-5-4-11(22)7-26-15)12-8-27-17(31-16(12)32-19(20)34)14-9-33-18(28-10-29-33)13(30-14)3-2-6-21(23,24)25/h4-5,7-10H,2-3,6H2,1H3,(H,27,31,32,34). The zero-order valence-electron chi connectivity index (χ0n) is 17.6. The van der Waals surface area contributed by atoms with Crippen molar-refractivity contribution in [1.29, 1.82) is 0 Å². The van der Waals surface area contributed by atoms with E-state index in [1.807, 2.05) is 0 Å². The van der Waals surface area contributed by atoms with Crippen LogP contribution in [0.15, 0.2) is 37.1 Å². The molecule has 174 valence electrons. The highest BCUT2D eigenvalue weighted by molar-refractivity contribution is 6.07. The highest BCUT2D eigenvalue weighted by Gasteiger charge is 2.46. The molecule has 0 spiro atoms. The van der Waals surface area contributed by atoms with Crippen LogP contribution in [0.25, 0.3) is 17.2 Å². The third-order valence-electron chi connectivity index (χ3n) is 5.69. The fourth-order valence-corrected chi connectivity index (χ4v) is 3.87. The summed E-state index contributed by atoms with van der Waals surface area (Å²) in [7, 11) is 0. The van der Waals surface area contributed by atoms with Crippen molar-refractivity contribution in [1.82, 2.24) is 34.5 Å². The molecule has 1 aliphatic rings. The maximum atomic E-state index is 13.3. The van der Waals surface area contributed by atoms with E-state index in [2.05, 4.69) is 35.3 Å². The van der Waals surface area contributed by atoms with Crippen molar-refractivity contribution < 1.29 is 22.4 Å². The monoisotopic (exact) mass is 472 g/mol. The van der Waals surface area contributed by atoms with Gasteiger partial charge in [-0.2, -0.15) is 18.3 Å². The van der Waals surface area contributed by atoms with Crippen molar-refractivity contribution in [3.8, 4) is 11.5 Å². The second kappa shape index (κ2) is 7.78. The van der Waals surface area contributed by atoms with E-state index < -0.39 is 29.7 Å². The van der Waals surface area contributed by atoms with Crippen molar-refractivity contribution in [2.24, 2.45) is 0 Å². The quantitative estimate of drug-likeness (QED) is 0.444. The highest BCUT2D eigenvalue weighted by atomic mass is 19.4. The molecule has 0 saturated carbocycles. The molecule has 5 rings (SSSR count). The number of pyridine rings is 1. The number of nitrogens with one attached hydrogen (secondary N) is 1. The zero-order valence-corrected chi connectivity index (χ0v) is 17.6. The largest absolute Gasteiger partial charge is 0.389 e. The summed E-state index contributed by atoms with van der Waals surface area (Å²) in [6, 6.07) is 2.64. The average Bonchev–Trinajstić information content (AvgIpc) is 3.36. The minimum absolute atomic E-state index is 0.0333. The maximum absolute atomic E-state index is 13.3. The van der Waals surface area contributed by atoms with Gasteiger partial charge in [-0.25, -0.2) is 28.8 Å². The van der Waals surface area contributed by atoms with Crippen molar-refractivity contribution in [2.45, 2.75) is 37.8 Å². The van der Waals surface area contributed by atoms with Crippen molar-refractivity contribution >= 4 is 17.4 Å². The number of fused-ring (bicyclic) bond motifs is 2. The molecule has 0 fully saturated rings. The summed E-state index contributed by atoms with van der Waals surface area (Å²) in [4.78, 5) is 34.1. The first kappa shape index (κ1) is 21.8. The molecule has 4 aromatic rings. The molecule has 4 aromatic heterocycles. The van der Waals surface area contributed by atoms with Crippen LogP contribution in [-0.4, -0.2) is 46.6 Å². The summed E-state index contributed by atoms with van der Waals surface area (Å²) in [5, 5.41) is 6.75. The smallest absolute Gasteiger partial charge is 0.309 e. The SMILES string of the molecule is CC1(c2ccc(F)cn2)C(=O)Nc2nc(-c3cn4ncnc4c(CCCC(F)(F)F)n3)ncc21. The van der Waals surface area contributed by atoms with Crippen molar-refractivity contribution in [3.63, 3.8) is 0 Å². The predicted octanol–water partition coefficient (Wildman–Crippen LogP) is 3.26. The van der Waals surface area contributed by atoms with Crippen LogP contribution in [0, 0.1) is 5.82 Å². The Morgan fingerprint density at radius 1 is 1.12 bits per heavy atom. The third kappa shape index (κ3) is 3.72. The van der Waals surface area contributed by atoms with Gasteiger partial charge in [-0.05, 0) is 31.9 Å². The molecule has 0 bridgehead atoms. The van der Waals surface area contributed by atoms with Gasteiger partial charge < -0.3 is 5.32 Å². The lowest BCUT2D eigenvalue weighted by molar-refractivity contribution is -0.135. The molecule has 0 saturated heterocycles. The number of amides is 1. The van der Waals surface area contributed by atoms with Gasteiger partial charge in [-0.3, -0.25) is 9.78 Å². The van der Waals surface area contributed by atoms with Crippen LogP contribution < -0.4 is 5.32 Å². The van der Waals surface area contributed by atoms with Gasteiger partial charge in [0.1, 0.15) is 29.1 Å². The number of alkyl halides is 3. The van der Waals surface area contributed by atoms with Crippen LogP contribution in [-0.2, 0) is 16.6 Å². The first-order chi connectivity index (χ1) is 16.1. The van der Waals surface area contributed by atoms with Crippen LogP contribution in [0.3, 0.4) is 0 Å². The zero-order chi connectivity index (χ0) is 24.1. The van der Waals surface area contributed by atoms with Crippen LogP contribution in [0.4, 0.5) is 23.4 Å². The van der Waals surface area contributed by atoms with Gasteiger partial charge >= 0.3 is 6.18 Å². The van der Waals surface area contributed by atoms with Gasteiger partial charge in [0.25, 0.3) is 0 Å². The van der Waals surface area contributed by atoms with Crippen molar-refractivity contribution in [3.05, 3.63) is 59.8 Å². The van der Waals surface area contributed by atoms with Crippen LogP contribution in [0.1, 0.15) is 36.7 Å². The summed E-state index contributed by atoms with van der Waals surface area (Å²) < 4.78 is 52.5. The number of carbonyl (C=O) groups excluding carboxylic acids is 1. The number of hydrogen-bond donors (Lipinski definition) is 1. The Balaban J connectivity index is 1.51. The number of nitrogens with zero attached hydrogens (tertiary/aromatic N) is 7. The molecule has 34 heavy (non-hydrogen) atoms. The molecule has 0 aromatic carbocycles.